The molecule has 3 rings (SSSR count). The second-order valence-electron chi connectivity index (χ2n) is 7.56. The monoisotopic (exact) mass is 465 g/mol. The summed E-state index contributed by atoms with van der Waals surface area (Å²) in [5, 5.41) is 3.62. The maximum atomic E-state index is 12.6. The van der Waals surface area contributed by atoms with Gasteiger partial charge in [0, 0.05) is 29.9 Å². The standard InChI is InChI=1S/C22H25Cl2N3O4/c1-13(30-19-8-5-15(23)11-17(19)24)21(28)25-16-6-7-18-20(12-16)31-14(2)22(29)27(18)10-9-26(3)4/h5-8,11-14H,9-10H2,1-4H3,(H,25,28). The SMILES string of the molecule is CC(Oc1ccc(Cl)cc1Cl)C(=O)Nc1ccc2c(c1)OC(C)C(=O)N2CCN(C)C. The number of nitrogens with one attached hydrogen (secondary N) is 1. The molecule has 1 aliphatic rings. The highest BCUT2D eigenvalue weighted by molar-refractivity contribution is 6.35. The molecular weight excluding hydrogens is 441 g/mol. The normalized spacial score (nSPS) is 16.5. The van der Waals surface area contributed by atoms with Crippen LogP contribution in [0.1, 0.15) is 13.8 Å². The van der Waals surface area contributed by atoms with E-state index >= 15 is 0 Å². The van der Waals surface area contributed by atoms with E-state index in [1.165, 1.54) is 0 Å². The van der Waals surface area contributed by atoms with E-state index in [2.05, 4.69) is 5.32 Å². The minimum Gasteiger partial charge on any atom is -0.479 e. The molecule has 2 aromatic carbocycles. The van der Waals surface area contributed by atoms with Crippen LogP contribution in [0.5, 0.6) is 11.5 Å². The summed E-state index contributed by atoms with van der Waals surface area (Å²) in [5.41, 5.74) is 1.22. The quantitative estimate of drug-likeness (QED) is 0.666. The Labute approximate surface area is 191 Å². The topological polar surface area (TPSA) is 71.1 Å². The largest absolute Gasteiger partial charge is 0.479 e. The van der Waals surface area contributed by atoms with Gasteiger partial charge in [-0.05, 0) is 58.3 Å². The van der Waals surface area contributed by atoms with Crippen LogP contribution in [0.2, 0.25) is 10.0 Å². The second kappa shape index (κ2) is 9.77. The van der Waals surface area contributed by atoms with Crippen molar-refractivity contribution in [3.8, 4) is 11.5 Å². The molecule has 2 amide bonds. The van der Waals surface area contributed by atoms with Gasteiger partial charge in [0.25, 0.3) is 11.8 Å². The van der Waals surface area contributed by atoms with Gasteiger partial charge < -0.3 is 24.6 Å². The molecule has 2 atom stereocenters. The van der Waals surface area contributed by atoms with E-state index in [4.69, 9.17) is 32.7 Å². The van der Waals surface area contributed by atoms with E-state index in [0.717, 1.165) is 6.54 Å². The molecule has 9 heteroatoms. The average molecular weight is 466 g/mol. The van der Waals surface area contributed by atoms with Gasteiger partial charge in [0.15, 0.2) is 12.2 Å². The summed E-state index contributed by atoms with van der Waals surface area (Å²) >= 11 is 12.0. The highest BCUT2D eigenvalue weighted by Crippen LogP contribution is 2.36. The van der Waals surface area contributed by atoms with E-state index in [1.807, 2.05) is 19.0 Å². The molecule has 1 aliphatic heterocycles. The molecular formula is C22H25Cl2N3O4. The molecule has 7 nitrogen and oxygen atoms in total. The molecule has 1 N–H and O–H groups in total. The number of halogens is 2. The van der Waals surface area contributed by atoms with Crippen LogP contribution in [0.15, 0.2) is 36.4 Å². The maximum absolute atomic E-state index is 12.6. The third kappa shape index (κ3) is 5.61. The fraction of sp³-hybridized carbons (Fsp3) is 0.364. The van der Waals surface area contributed by atoms with E-state index in [1.54, 1.807) is 55.1 Å². The highest BCUT2D eigenvalue weighted by Gasteiger charge is 2.31. The summed E-state index contributed by atoms with van der Waals surface area (Å²) in [4.78, 5) is 28.9. The molecule has 0 aliphatic carbocycles. The Morgan fingerprint density at radius 2 is 2.00 bits per heavy atom. The van der Waals surface area contributed by atoms with Crippen LogP contribution >= 0.6 is 23.2 Å². The van der Waals surface area contributed by atoms with Crippen molar-refractivity contribution in [3.63, 3.8) is 0 Å². The van der Waals surface area contributed by atoms with Gasteiger partial charge in [-0.25, -0.2) is 0 Å². The van der Waals surface area contributed by atoms with Gasteiger partial charge in [-0.3, -0.25) is 9.59 Å². The van der Waals surface area contributed by atoms with E-state index in [0.29, 0.717) is 39.5 Å². The van der Waals surface area contributed by atoms with Crippen molar-refractivity contribution in [3.05, 3.63) is 46.4 Å². The molecule has 166 valence electrons. The summed E-state index contributed by atoms with van der Waals surface area (Å²) < 4.78 is 11.4. The number of ether oxygens (including phenoxy) is 2. The number of hydrogen-bond donors (Lipinski definition) is 1. The predicted octanol–water partition coefficient (Wildman–Crippen LogP) is 4.07. The first-order valence-electron chi connectivity index (χ1n) is 9.85. The number of carbonyl (C=O) groups excluding carboxylic acids is 2. The lowest BCUT2D eigenvalue weighted by atomic mass is 10.1. The zero-order valence-corrected chi connectivity index (χ0v) is 19.3. The number of rotatable bonds is 7. The van der Waals surface area contributed by atoms with Crippen LogP contribution in [0.25, 0.3) is 0 Å². The Morgan fingerprint density at radius 3 is 2.68 bits per heavy atom. The third-order valence-corrected chi connectivity index (χ3v) is 5.30. The number of likely N-dealkylation sites (N-methyl/N-ethyl adjacent to an activating group) is 1. The predicted molar refractivity (Wildman–Crippen MR) is 123 cm³/mol. The van der Waals surface area contributed by atoms with Crippen molar-refractivity contribution >= 4 is 46.4 Å². The lowest BCUT2D eigenvalue weighted by Crippen LogP contribution is -2.46. The molecule has 0 radical (unpaired) electrons. The smallest absolute Gasteiger partial charge is 0.267 e. The van der Waals surface area contributed by atoms with E-state index in [-0.39, 0.29) is 11.8 Å². The van der Waals surface area contributed by atoms with Crippen molar-refractivity contribution in [2.24, 2.45) is 0 Å². The molecule has 2 aromatic rings. The first-order valence-corrected chi connectivity index (χ1v) is 10.6. The molecule has 0 bridgehead atoms. The fourth-order valence-corrected chi connectivity index (χ4v) is 3.53. The highest BCUT2D eigenvalue weighted by atomic mass is 35.5. The Hall–Kier alpha value is -2.48. The van der Waals surface area contributed by atoms with Crippen LogP contribution in [0.4, 0.5) is 11.4 Å². The van der Waals surface area contributed by atoms with Crippen LogP contribution in [0.3, 0.4) is 0 Å². The molecule has 0 saturated heterocycles. The van der Waals surface area contributed by atoms with Gasteiger partial charge in [-0.1, -0.05) is 23.2 Å². The number of amides is 2. The first kappa shape index (κ1) is 23.2. The number of anilines is 2. The van der Waals surface area contributed by atoms with Gasteiger partial charge in [0.1, 0.15) is 11.5 Å². The van der Waals surface area contributed by atoms with E-state index in [9.17, 15) is 9.59 Å². The zero-order chi connectivity index (χ0) is 22.7. The minimum atomic E-state index is -0.798. The summed E-state index contributed by atoms with van der Waals surface area (Å²) in [5.74, 6) is 0.465. The number of carbonyl (C=O) groups is 2. The summed E-state index contributed by atoms with van der Waals surface area (Å²) in [6.07, 6.45) is -1.40. The molecule has 0 spiro atoms. The maximum Gasteiger partial charge on any atom is 0.267 e. The molecule has 0 fully saturated rings. The van der Waals surface area contributed by atoms with Gasteiger partial charge in [0.2, 0.25) is 0 Å². The van der Waals surface area contributed by atoms with Gasteiger partial charge in [-0.2, -0.15) is 0 Å². The molecule has 31 heavy (non-hydrogen) atoms. The Balaban J connectivity index is 1.72. The molecule has 1 heterocycles. The van der Waals surface area contributed by atoms with Crippen LogP contribution in [0, 0.1) is 0 Å². The van der Waals surface area contributed by atoms with E-state index < -0.39 is 12.2 Å². The van der Waals surface area contributed by atoms with Crippen LogP contribution in [-0.4, -0.2) is 56.1 Å². The van der Waals surface area contributed by atoms with Crippen molar-refractivity contribution in [2.45, 2.75) is 26.1 Å². The Kier molecular flexibility index (Phi) is 7.30. The Bertz CT molecular complexity index is 983. The summed E-state index contributed by atoms with van der Waals surface area (Å²) in [6.45, 7) is 4.60. The number of hydrogen-bond acceptors (Lipinski definition) is 5. The lowest BCUT2D eigenvalue weighted by molar-refractivity contribution is -0.125. The fourth-order valence-electron chi connectivity index (χ4n) is 3.08. The van der Waals surface area contributed by atoms with Gasteiger partial charge in [-0.15, -0.1) is 0 Å². The van der Waals surface area contributed by atoms with Gasteiger partial charge >= 0.3 is 0 Å². The average Bonchev–Trinajstić information content (AvgIpc) is 2.70. The molecule has 2 unspecified atom stereocenters. The zero-order valence-electron chi connectivity index (χ0n) is 17.8. The van der Waals surface area contributed by atoms with Crippen molar-refractivity contribution < 1.29 is 19.1 Å². The van der Waals surface area contributed by atoms with Gasteiger partial charge in [0.05, 0.1) is 10.7 Å². The number of benzene rings is 2. The second-order valence-corrected chi connectivity index (χ2v) is 8.40. The van der Waals surface area contributed by atoms with Crippen LogP contribution in [-0.2, 0) is 9.59 Å². The number of fused-ring (bicyclic) bond motifs is 1. The third-order valence-electron chi connectivity index (χ3n) is 4.77. The minimum absolute atomic E-state index is 0.0898. The summed E-state index contributed by atoms with van der Waals surface area (Å²) in [6, 6.07) is 10.0. The summed E-state index contributed by atoms with van der Waals surface area (Å²) in [7, 11) is 3.91. The lowest BCUT2D eigenvalue weighted by Gasteiger charge is -2.34. The number of nitrogens with zero attached hydrogens (tertiary/aromatic N) is 2. The van der Waals surface area contributed by atoms with Crippen LogP contribution < -0.4 is 19.7 Å². The first-order chi connectivity index (χ1) is 14.7. The van der Waals surface area contributed by atoms with Crippen molar-refractivity contribution in [1.29, 1.82) is 0 Å². The van der Waals surface area contributed by atoms with Crippen molar-refractivity contribution in [2.75, 3.05) is 37.4 Å². The Morgan fingerprint density at radius 1 is 1.26 bits per heavy atom. The van der Waals surface area contributed by atoms with Crippen molar-refractivity contribution in [1.82, 2.24) is 4.90 Å². The molecule has 0 saturated carbocycles. The molecule has 0 aromatic heterocycles.